The first-order chi connectivity index (χ1) is 15.7. The van der Waals surface area contributed by atoms with Crippen LogP contribution < -0.4 is 0 Å². The molecule has 1 aliphatic carbocycles. The molecule has 0 unspecified atom stereocenters. The van der Waals surface area contributed by atoms with Crippen molar-refractivity contribution in [1.82, 2.24) is 0 Å². The summed E-state index contributed by atoms with van der Waals surface area (Å²) in [6.45, 7) is 7.00. The molecule has 0 amide bonds. The normalized spacial score (nSPS) is 35.4. The number of methoxy groups -OCH3 is 1. The van der Waals surface area contributed by atoms with Crippen molar-refractivity contribution in [2.45, 2.75) is 82.4 Å². The van der Waals surface area contributed by atoms with Crippen LogP contribution in [0.4, 0.5) is 0 Å². The minimum absolute atomic E-state index is 0.0148. The molecular formula is C26H36O7. The zero-order chi connectivity index (χ0) is 24.1. The summed E-state index contributed by atoms with van der Waals surface area (Å²) in [5, 5.41) is 8.52. The van der Waals surface area contributed by atoms with E-state index in [2.05, 4.69) is 26.8 Å². The number of hydrogen-bond donors (Lipinski definition) is 1. The zero-order valence-electron chi connectivity index (χ0n) is 20.0. The summed E-state index contributed by atoms with van der Waals surface area (Å²) in [6, 6.07) is 0. The molecule has 33 heavy (non-hydrogen) atoms. The Morgan fingerprint density at radius 2 is 1.91 bits per heavy atom. The third-order valence-electron chi connectivity index (χ3n) is 6.74. The summed E-state index contributed by atoms with van der Waals surface area (Å²) < 4.78 is 23.9. The van der Waals surface area contributed by atoms with Gasteiger partial charge in [-0.2, -0.15) is 0 Å². The minimum Gasteiger partial charge on any atom is -0.478 e. The number of carbonyl (C=O) groups excluding carboxylic acids is 1. The molecule has 0 aromatic rings. The zero-order valence-corrected chi connectivity index (χ0v) is 20.0. The lowest BCUT2D eigenvalue weighted by Crippen LogP contribution is -2.55. The van der Waals surface area contributed by atoms with Crippen LogP contribution in [0.1, 0.15) is 52.9 Å². The number of carbonyl (C=O) groups is 2. The van der Waals surface area contributed by atoms with Crippen LogP contribution in [-0.2, 0) is 28.5 Å². The van der Waals surface area contributed by atoms with Gasteiger partial charge in [0.15, 0.2) is 0 Å². The molecular weight excluding hydrogens is 424 g/mol. The first kappa shape index (κ1) is 25.4. The van der Waals surface area contributed by atoms with Gasteiger partial charge < -0.3 is 24.1 Å². The lowest BCUT2D eigenvalue weighted by molar-refractivity contribution is -0.171. The summed E-state index contributed by atoms with van der Waals surface area (Å²) >= 11 is 0. The van der Waals surface area contributed by atoms with Crippen LogP contribution in [-0.4, -0.2) is 60.3 Å². The molecule has 3 rings (SSSR count). The van der Waals surface area contributed by atoms with E-state index in [0.717, 1.165) is 18.9 Å². The summed E-state index contributed by atoms with van der Waals surface area (Å²) in [4.78, 5) is 22.9. The molecule has 0 aromatic carbocycles. The van der Waals surface area contributed by atoms with Gasteiger partial charge in [-0.25, -0.2) is 4.79 Å². The van der Waals surface area contributed by atoms with Crippen molar-refractivity contribution < 1.29 is 33.6 Å². The molecule has 182 valence electrons. The van der Waals surface area contributed by atoms with Gasteiger partial charge in [-0.05, 0) is 46.5 Å². The fourth-order valence-electron chi connectivity index (χ4n) is 4.94. The Labute approximate surface area is 196 Å². The predicted molar refractivity (Wildman–Crippen MR) is 124 cm³/mol. The largest absolute Gasteiger partial charge is 0.478 e. The molecule has 6 atom stereocenters. The third kappa shape index (κ3) is 6.43. The van der Waals surface area contributed by atoms with Gasteiger partial charge in [0.05, 0.1) is 18.6 Å². The van der Waals surface area contributed by atoms with Crippen molar-refractivity contribution in [2.75, 3.05) is 13.7 Å². The lowest BCUT2D eigenvalue weighted by atomic mass is 9.68. The van der Waals surface area contributed by atoms with E-state index < -0.39 is 5.97 Å². The SMILES string of the molecule is CO[C@@H]1[C@H](OC(=O)CC/C=C/C=C/C=C/C(=O)O)CC[C@]2(CO2)[C@H]1[C@@]1(C)O[C@@H]1CC=C(C)C. The van der Waals surface area contributed by atoms with Crippen LogP contribution in [0.25, 0.3) is 0 Å². The van der Waals surface area contributed by atoms with Gasteiger partial charge in [-0.1, -0.05) is 42.0 Å². The number of hydrogen-bond acceptors (Lipinski definition) is 6. The van der Waals surface area contributed by atoms with Gasteiger partial charge in [0.2, 0.25) is 0 Å². The molecule has 1 saturated carbocycles. The molecule has 2 heterocycles. The second kappa shape index (κ2) is 10.8. The molecule has 2 saturated heterocycles. The van der Waals surface area contributed by atoms with E-state index in [0.29, 0.717) is 19.4 Å². The van der Waals surface area contributed by atoms with E-state index in [4.69, 9.17) is 24.1 Å². The Morgan fingerprint density at radius 1 is 1.18 bits per heavy atom. The molecule has 1 N–H and O–H groups in total. The van der Waals surface area contributed by atoms with Crippen LogP contribution in [0.2, 0.25) is 0 Å². The number of allylic oxidation sites excluding steroid dienone is 6. The highest BCUT2D eigenvalue weighted by Crippen LogP contribution is 2.59. The van der Waals surface area contributed by atoms with Crippen LogP contribution in [0.15, 0.2) is 48.1 Å². The van der Waals surface area contributed by atoms with E-state index in [-0.39, 0.29) is 47.8 Å². The highest BCUT2D eigenvalue weighted by Gasteiger charge is 2.72. The van der Waals surface area contributed by atoms with E-state index in [9.17, 15) is 9.59 Å². The summed E-state index contributed by atoms with van der Waals surface area (Å²) in [5.74, 6) is -1.23. The number of ether oxygens (including phenoxy) is 4. The van der Waals surface area contributed by atoms with Crippen LogP contribution in [0.5, 0.6) is 0 Å². The van der Waals surface area contributed by atoms with Crippen LogP contribution in [0.3, 0.4) is 0 Å². The van der Waals surface area contributed by atoms with Crippen molar-refractivity contribution in [1.29, 1.82) is 0 Å². The summed E-state index contributed by atoms with van der Waals surface area (Å²) in [6.07, 6.45) is 14.4. The maximum absolute atomic E-state index is 12.5. The Balaban J connectivity index is 1.54. The topological polar surface area (TPSA) is 97.9 Å². The number of rotatable bonds is 11. The number of carboxylic acids is 1. The predicted octanol–water partition coefficient (Wildman–Crippen LogP) is 4.14. The highest BCUT2D eigenvalue weighted by atomic mass is 16.6. The Morgan fingerprint density at radius 3 is 2.55 bits per heavy atom. The van der Waals surface area contributed by atoms with Gasteiger partial charge >= 0.3 is 11.9 Å². The molecule has 0 bridgehead atoms. The first-order valence-corrected chi connectivity index (χ1v) is 11.6. The minimum atomic E-state index is -0.990. The monoisotopic (exact) mass is 460 g/mol. The molecule has 7 nitrogen and oxygen atoms in total. The molecule has 0 radical (unpaired) electrons. The van der Waals surface area contributed by atoms with Gasteiger partial charge in [0, 0.05) is 19.6 Å². The maximum atomic E-state index is 12.5. The van der Waals surface area contributed by atoms with E-state index >= 15 is 0 Å². The molecule has 1 spiro atoms. The average Bonchev–Trinajstić information content (AvgIpc) is 3.67. The number of epoxide rings is 2. The maximum Gasteiger partial charge on any atom is 0.328 e. The highest BCUT2D eigenvalue weighted by molar-refractivity contribution is 5.80. The summed E-state index contributed by atoms with van der Waals surface area (Å²) in [5.41, 5.74) is 0.686. The number of aliphatic carboxylic acids is 1. The quantitative estimate of drug-likeness (QED) is 0.163. The molecule has 3 fully saturated rings. The standard InChI is InChI=1S/C26H36O7/c1-18(2)13-14-20-25(3,33-20)24-23(30-4)19(15-16-26(24)17-31-26)32-22(29)12-10-8-6-5-7-9-11-21(27)28/h5-9,11,13,19-20,23-24H,10,12,14-17H2,1-4H3,(H,27,28)/b7-5+,8-6+,11-9+/t19-,20-,23-,24-,25+,26+/m1/s1. The molecule has 7 heteroatoms. The van der Waals surface area contributed by atoms with Crippen molar-refractivity contribution in [3.05, 3.63) is 48.1 Å². The Hall–Kier alpha value is -2.22. The van der Waals surface area contributed by atoms with Crippen molar-refractivity contribution in [2.24, 2.45) is 5.92 Å². The van der Waals surface area contributed by atoms with Gasteiger partial charge in [-0.3, -0.25) is 4.79 Å². The van der Waals surface area contributed by atoms with E-state index in [1.807, 2.05) is 6.08 Å². The number of esters is 1. The van der Waals surface area contributed by atoms with Gasteiger partial charge in [-0.15, -0.1) is 0 Å². The fraction of sp³-hybridized carbons (Fsp3) is 0.615. The molecule has 3 aliphatic rings. The van der Waals surface area contributed by atoms with Crippen LogP contribution in [0, 0.1) is 5.92 Å². The van der Waals surface area contributed by atoms with Crippen molar-refractivity contribution in [3.63, 3.8) is 0 Å². The fourth-order valence-corrected chi connectivity index (χ4v) is 4.94. The van der Waals surface area contributed by atoms with Crippen LogP contribution >= 0.6 is 0 Å². The van der Waals surface area contributed by atoms with Crippen molar-refractivity contribution in [3.8, 4) is 0 Å². The Bertz CT molecular complexity index is 832. The first-order valence-electron chi connectivity index (χ1n) is 11.6. The Kier molecular flexibility index (Phi) is 8.32. The average molecular weight is 461 g/mol. The summed E-state index contributed by atoms with van der Waals surface area (Å²) in [7, 11) is 1.67. The smallest absolute Gasteiger partial charge is 0.328 e. The third-order valence-corrected chi connectivity index (χ3v) is 6.74. The molecule has 2 aliphatic heterocycles. The van der Waals surface area contributed by atoms with Gasteiger partial charge in [0.25, 0.3) is 0 Å². The molecule has 0 aromatic heterocycles. The second-order valence-corrected chi connectivity index (χ2v) is 9.46. The second-order valence-electron chi connectivity index (χ2n) is 9.46. The van der Waals surface area contributed by atoms with E-state index in [1.54, 1.807) is 25.3 Å². The van der Waals surface area contributed by atoms with Crippen molar-refractivity contribution >= 4 is 11.9 Å². The lowest BCUT2D eigenvalue weighted by Gasteiger charge is -2.42. The van der Waals surface area contributed by atoms with Gasteiger partial charge in [0.1, 0.15) is 23.4 Å². The number of carboxylic acid groups (broad SMARTS) is 1. The van der Waals surface area contributed by atoms with E-state index in [1.165, 1.54) is 11.6 Å².